The maximum Gasteiger partial charge on any atom is 0.343 e. The molecule has 0 saturated carbocycles. The molecule has 0 radical (unpaired) electrons. The van der Waals surface area contributed by atoms with Crippen molar-refractivity contribution in [3.05, 3.63) is 94.5 Å². The van der Waals surface area contributed by atoms with Crippen molar-refractivity contribution in [2.75, 3.05) is 5.32 Å². The molecule has 0 spiro atoms. The Balaban J connectivity index is 1.64. The summed E-state index contributed by atoms with van der Waals surface area (Å²) < 4.78 is 5.44. The molecule has 3 aromatic carbocycles. The van der Waals surface area contributed by atoms with Gasteiger partial charge in [0.25, 0.3) is 5.91 Å². The van der Waals surface area contributed by atoms with Gasteiger partial charge in [-0.15, -0.1) is 0 Å². The number of nitrogens with one attached hydrogen (secondary N) is 2. The zero-order valence-electron chi connectivity index (χ0n) is 16.5. The molecule has 3 aromatic rings. The second-order valence-electron chi connectivity index (χ2n) is 6.39. The van der Waals surface area contributed by atoms with Gasteiger partial charge in [-0.3, -0.25) is 9.59 Å². The highest BCUT2D eigenvalue weighted by Crippen LogP contribution is 2.18. The summed E-state index contributed by atoms with van der Waals surface area (Å²) in [5.41, 5.74) is 4.23. The molecule has 0 saturated heterocycles. The highest BCUT2D eigenvalue weighted by Gasteiger charge is 2.11. The molecule has 0 fully saturated rings. The quantitative estimate of drug-likeness (QED) is 0.261. The van der Waals surface area contributed by atoms with Crippen LogP contribution in [0.15, 0.2) is 77.9 Å². The summed E-state index contributed by atoms with van der Waals surface area (Å²) in [5, 5.41) is 7.08. The Morgan fingerprint density at radius 1 is 0.903 bits per heavy atom. The molecule has 0 atom stereocenters. The molecule has 0 unspecified atom stereocenters. The Bertz CT molecular complexity index is 1130. The van der Waals surface area contributed by atoms with Crippen molar-refractivity contribution in [2.24, 2.45) is 5.10 Å². The fourth-order valence-electron chi connectivity index (χ4n) is 2.56. The number of ether oxygens (including phenoxy) is 1. The summed E-state index contributed by atoms with van der Waals surface area (Å²) in [6.07, 6.45) is 1.38. The smallest absolute Gasteiger partial charge is 0.343 e. The van der Waals surface area contributed by atoms with Crippen molar-refractivity contribution in [1.29, 1.82) is 0 Å². The fraction of sp³-hybridized carbons (Fsp3) is 0.0435. The van der Waals surface area contributed by atoms with Crippen molar-refractivity contribution in [3.63, 3.8) is 0 Å². The standard InChI is InChI=1S/C23H18ClN3O4/c1-15(28)26-20-12-8-16(9-13-20)22(29)27-25-14-18-4-2-3-5-21(18)31-23(30)17-6-10-19(24)11-7-17/h2-14H,1H3,(H,26,28)(H,27,29)/b25-14+. The number of esters is 1. The number of para-hydroxylation sites is 1. The molecule has 0 aliphatic rings. The van der Waals surface area contributed by atoms with Crippen molar-refractivity contribution in [3.8, 4) is 5.75 Å². The number of benzene rings is 3. The Morgan fingerprint density at radius 2 is 1.55 bits per heavy atom. The third kappa shape index (κ3) is 6.25. The van der Waals surface area contributed by atoms with Crippen LogP contribution in [0.4, 0.5) is 5.69 Å². The normalized spacial score (nSPS) is 10.5. The topological polar surface area (TPSA) is 96.9 Å². The molecular formula is C23H18ClN3O4. The van der Waals surface area contributed by atoms with Crippen molar-refractivity contribution >= 4 is 41.3 Å². The molecular weight excluding hydrogens is 418 g/mol. The van der Waals surface area contributed by atoms with Crippen LogP contribution < -0.4 is 15.5 Å². The first kappa shape index (κ1) is 21.7. The minimum atomic E-state index is -0.541. The maximum atomic E-state index is 12.3. The van der Waals surface area contributed by atoms with Crippen LogP contribution in [0.25, 0.3) is 0 Å². The van der Waals surface area contributed by atoms with E-state index in [2.05, 4.69) is 15.8 Å². The summed E-state index contributed by atoms with van der Waals surface area (Å²) in [6, 6.07) is 19.5. The van der Waals surface area contributed by atoms with Gasteiger partial charge in [0.05, 0.1) is 11.8 Å². The highest BCUT2D eigenvalue weighted by atomic mass is 35.5. The minimum Gasteiger partial charge on any atom is -0.422 e. The Morgan fingerprint density at radius 3 is 2.23 bits per heavy atom. The largest absolute Gasteiger partial charge is 0.422 e. The lowest BCUT2D eigenvalue weighted by Crippen LogP contribution is -2.18. The third-order valence-electron chi connectivity index (χ3n) is 4.04. The van der Waals surface area contributed by atoms with E-state index < -0.39 is 11.9 Å². The number of hydrogen-bond acceptors (Lipinski definition) is 5. The number of carbonyl (C=O) groups excluding carboxylic acids is 3. The molecule has 0 heterocycles. The molecule has 3 rings (SSSR count). The van der Waals surface area contributed by atoms with E-state index in [1.807, 2.05) is 0 Å². The minimum absolute atomic E-state index is 0.197. The molecule has 0 bridgehead atoms. The molecule has 31 heavy (non-hydrogen) atoms. The number of anilines is 1. The van der Waals surface area contributed by atoms with Gasteiger partial charge in [0.15, 0.2) is 0 Å². The van der Waals surface area contributed by atoms with Gasteiger partial charge in [0.2, 0.25) is 5.91 Å². The monoisotopic (exact) mass is 435 g/mol. The number of hydrogen-bond donors (Lipinski definition) is 2. The lowest BCUT2D eigenvalue weighted by atomic mass is 10.2. The zero-order valence-corrected chi connectivity index (χ0v) is 17.2. The van der Waals surface area contributed by atoms with Gasteiger partial charge >= 0.3 is 5.97 Å². The van der Waals surface area contributed by atoms with Gasteiger partial charge in [-0.05, 0) is 60.7 Å². The predicted molar refractivity (Wildman–Crippen MR) is 119 cm³/mol. The predicted octanol–water partition coefficient (Wildman–Crippen LogP) is 4.28. The van der Waals surface area contributed by atoms with Crippen molar-refractivity contribution in [1.82, 2.24) is 5.43 Å². The van der Waals surface area contributed by atoms with Crippen LogP contribution in [0.1, 0.15) is 33.2 Å². The summed E-state index contributed by atoms with van der Waals surface area (Å²) in [4.78, 5) is 35.6. The van der Waals surface area contributed by atoms with E-state index in [-0.39, 0.29) is 5.91 Å². The Hall–Kier alpha value is -3.97. The number of rotatable bonds is 6. The molecule has 8 heteroatoms. The Kier molecular flexibility index (Phi) is 7.13. The van der Waals surface area contributed by atoms with E-state index in [0.717, 1.165) is 0 Å². The summed E-state index contributed by atoms with van der Waals surface area (Å²) in [5.74, 6) is -0.876. The zero-order chi connectivity index (χ0) is 22.2. The highest BCUT2D eigenvalue weighted by molar-refractivity contribution is 6.30. The van der Waals surface area contributed by atoms with Crippen LogP contribution in [-0.2, 0) is 4.79 Å². The van der Waals surface area contributed by atoms with Gasteiger partial charge in [-0.25, -0.2) is 10.2 Å². The van der Waals surface area contributed by atoms with Crippen LogP contribution in [0, 0.1) is 0 Å². The van der Waals surface area contributed by atoms with Crippen LogP contribution in [-0.4, -0.2) is 24.0 Å². The molecule has 2 amide bonds. The second-order valence-corrected chi connectivity index (χ2v) is 6.83. The van der Waals surface area contributed by atoms with Crippen LogP contribution in [0.5, 0.6) is 5.75 Å². The average Bonchev–Trinajstić information content (AvgIpc) is 2.75. The lowest BCUT2D eigenvalue weighted by molar-refractivity contribution is -0.114. The molecule has 156 valence electrons. The van der Waals surface area contributed by atoms with Gasteiger partial charge in [0.1, 0.15) is 5.75 Å². The van der Waals surface area contributed by atoms with Gasteiger partial charge in [-0.2, -0.15) is 5.10 Å². The number of amides is 2. The van der Waals surface area contributed by atoms with E-state index in [4.69, 9.17) is 16.3 Å². The van der Waals surface area contributed by atoms with Crippen LogP contribution >= 0.6 is 11.6 Å². The SMILES string of the molecule is CC(=O)Nc1ccc(C(=O)N/N=C/c2ccccc2OC(=O)c2ccc(Cl)cc2)cc1. The first-order chi connectivity index (χ1) is 14.9. The van der Waals surface area contributed by atoms with Gasteiger partial charge < -0.3 is 10.1 Å². The first-order valence-corrected chi connectivity index (χ1v) is 9.58. The average molecular weight is 436 g/mol. The van der Waals surface area contributed by atoms with E-state index in [9.17, 15) is 14.4 Å². The van der Waals surface area contributed by atoms with E-state index in [1.165, 1.54) is 13.1 Å². The van der Waals surface area contributed by atoms with E-state index in [1.54, 1.807) is 72.8 Å². The lowest BCUT2D eigenvalue weighted by Gasteiger charge is -2.07. The molecule has 0 aliphatic carbocycles. The summed E-state index contributed by atoms with van der Waals surface area (Å²) in [6.45, 7) is 1.40. The molecule has 2 N–H and O–H groups in total. The number of carbonyl (C=O) groups is 3. The van der Waals surface area contributed by atoms with E-state index in [0.29, 0.717) is 33.1 Å². The van der Waals surface area contributed by atoms with Crippen LogP contribution in [0.3, 0.4) is 0 Å². The summed E-state index contributed by atoms with van der Waals surface area (Å²) in [7, 11) is 0. The first-order valence-electron chi connectivity index (χ1n) is 9.20. The van der Waals surface area contributed by atoms with Crippen molar-refractivity contribution in [2.45, 2.75) is 6.92 Å². The van der Waals surface area contributed by atoms with Crippen molar-refractivity contribution < 1.29 is 19.1 Å². The van der Waals surface area contributed by atoms with Gasteiger partial charge in [-0.1, -0.05) is 23.7 Å². The molecule has 0 aromatic heterocycles. The second kappa shape index (κ2) is 10.2. The van der Waals surface area contributed by atoms with Gasteiger partial charge in [0, 0.05) is 28.8 Å². The summed E-state index contributed by atoms with van der Waals surface area (Å²) >= 11 is 5.84. The number of halogens is 1. The maximum absolute atomic E-state index is 12.3. The Labute approximate surface area is 183 Å². The number of hydrazone groups is 1. The fourth-order valence-corrected chi connectivity index (χ4v) is 2.68. The van der Waals surface area contributed by atoms with E-state index >= 15 is 0 Å². The molecule has 0 aliphatic heterocycles. The number of nitrogens with zero attached hydrogens (tertiary/aromatic N) is 1. The third-order valence-corrected chi connectivity index (χ3v) is 4.29. The van der Waals surface area contributed by atoms with Crippen LogP contribution in [0.2, 0.25) is 5.02 Å². The molecule has 7 nitrogen and oxygen atoms in total.